The maximum atomic E-state index is 11.2. The third-order valence-electron chi connectivity index (χ3n) is 6.04. The first-order valence-electron chi connectivity index (χ1n) is 11.6. The molecule has 0 aliphatic rings. The van der Waals surface area contributed by atoms with Crippen LogP contribution < -0.4 is 4.90 Å². The summed E-state index contributed by atoms with van der Waals surface area (Å²) in [7, 11) is 4.06. The number of rotatable bonds is 10. The highest BCUT2D eigenvalue weighted by Gasteiger charge is 2.16. The number of carboxylic acid groups (broad SMARTS) is 1. The smallest absolute Gasteiger partial charge is 0.310 e. The van der Waals surface area contributed by atoms with Gasteiger partial charge in [0.25, 0.3) is 0 Å². The summed E-state index contributed by atoms with van der Waals surface area (Å²) in [6.07, 6.45) is 0.886. The number of anilines is 1. The molecule has 0 saturated heterocycles. The van der Waals surface area contributed by atoms with Crippen LogP contribution in [0.5, 0.6) is 0 Å². The zero-order valence-corrected chi connectivity index (χ0v) is 21.1. The Morgan fingerprint density at radius 2 is 1.63 bits per heavy atom. The molecule has 1 heterocycles. The standard InChI is InChI=1S/C28H30N4O2S/c1-20(27(33)34)23-11-9-22(10-12-23)19-35-28-30-29-26(24-13-15-25(16-14-24)31(2)3)32(28)18-17-21-7-5-4-6-8-21/h4-16,20H,17-19H2,1-3H3,(H,33,34). The highest BCUT2D eigenvalue weighted by Crippen LogP contribution is 2.28. The van der Waals surface area contributed by atoms with Crippen LogP contribution in [0.25, 0.3) is 11.4 Å². The lowest BCUT2D eigenvalue weighted by Crippen LogP contribution is -2.08. The van der Waals surface area contributed by atoms with Crippen LogP contribution in [0.1, 0.15) is 29.5 Å². The van der Waals surface area contributed by atoms with Gasteiger partial charge in [-0.3, -0.25) is 4.79 Å². The number of carboxylic acids is 1. The van der Waals surface area contributed by atoms with Gasteiger partial charge in [-0.2, -0.15) is 0 Å². The molecule has 35 heavy (non-hydrogen) atoms. The van der Waals surface area contributed by atoms with Gasteiger partial charge in [-0.25, -0.2) is 0 Å². The molecule has 6 nitrogen and oxygen atoms in total. The van der Waals surface area contributed by atoms with Gasteiger partial charge in [0.15, 0.2) is 11.0 Å². The molecule has 0 radical (unpaired) electrons. The minimum absolute atomic E-state index is 0.515. The van der Waals surface area contributed by atoms with Gasteiger partial charge in [-0.15, -0.1) is 10.2 Å². The van der Waals surface area contributed by atoms with Gasteiger partial charge in [0.1, 0.15) is 0 Å². The molecule has 0 bridgehead atoms. The van der Waals surface area contributed by atoms with E-state index in [2.05, 4.69) is 68.2 Å². The second-order valence-corrected chi connectivity index (χ2v) is 9.67. The summed E-state index contributed by atoms with van der Waals surface area (Å²) >= 11 is 1.64. The SMILES string of the molecule is CC(C(=O)O)c1ccc(CSc2nnc(-c3ccc(N(C)C)cc3)n2CCc2ccccc2)cc1. The van der Waals surface area contributed by atoms with E-state index in [1.165, 1.54) is 5.56 Å². The number of carbonyl (C=O) groups is 1. The summed E-state index contributed by atoms with van der Waals surface area (Å²) < 4.78 is 2.20. The normalized spacial score (nSPS) is 11.9. The predicted molar refractivity (Wildman–Crippen MR) is 142 cm³/mol. The van der Waals surface area contributed by atoms with Crippen LogP contribution in [0.4, 0.5) is 5.69 Å². The fourth-order valence-corrected chi connectivity index (χ4v) is 4.72. The largest absolute Gasteiger partial charge is 0.481 e. The van der Waals surface area contributed by atoms with Gasteiger partial charge in [-0.05, 0) is 54.3 Å². The molecule has 7 heteroatoms. The van der Waals surface area contributed by atoms with Gasteiger partial charge in [0.2, 0.25) is 0 Å². The lowest BCUT2D eigenvalue weighted by Gasteiger charge is -2.14. The zero-order valence-electron chi connectivity index (χ0n) is 20.3. The third-order valence-corrected chi connectivity index (χ3v) is 7.08. The molecule has 0 aliphatic heterocycles. The number of hydrogen-bond acceptors (Lipinski definition) is 5. The van der Waals surface area contributed by atoms with E-state index in [9.17, 15) is 9.90 Å². The number of hydrogen-bond donors (Lipinski definition) is 1. The van der Waals surface area contributed by atoms with Crippen LogP contribution in [0, 0.1) is 0 Å². The van der Waals surface area contributed by atoms with E-state index >= 15 is 0 Å². The molecule has 0 spiro atoms. The molecule has 0 saturated carbocycles. The summed E-state index contributed by atoms with van der Waals surface area (Å²) in [6, 6.07) is 26.6. The molecule has 4 aromatic rings. The number of thioether (sulfide) groups is 1. The Hall–Kier alpha value is -3.58. The molecular weight excluding hydrogens is 456 g/mol. The van der Waals surface area contributed by atoms with Crippen molar-refractivity contribution in [2.24, 2.45) is 0 Å². The Balaban J connectivity index is 1.55. The molecular formula is C28H30N4O2S. The highest BCUT2D eigenvalue weighted by molar-refractivity contribution is 7.98. The Morgan fingerprint density at radius 1 is 0.943 bits per heavy atom. The zero-order chi connectivity index (χ0) is 24.8. The maximum Gasteiger partial charge on any atom is 0.310 e. The van der Waals surface area contributed by atoms with Gasteiger partial charge >= 0.3 is 5.97 Å². The van der Waals surface area contributed by atoms with E-state index in [4.69, 9.17) is 0 Å². The second-order valence-electron chi connectivity index (χ2n) is 8.72. The van der Waals surface area contributed by atoms with Gasteiger partial charge in [0, 0.05) is 37.6 Å². The Labute approximate surface area is 210 Å². The summed E-state index contributed by atoms with van der Waals surface area (Å²) in [5.74, 6) is 0.258. The van der Waals surface area contributed by atoms with Crippen LogP contribution in [0.3, 0.4) is 0 Å². The van der Waals surface area contributed by atoms with E-state index in [1.54, 1.807) is 18.7 Å². The van der Waals surface area contributed by atoms with Crippen molar-refractivity contribution < 1.29 is 9.90 Å². The Bertz CT molecular complexity index is 1250. The molecule has 4 rings (SSSR count). The summed E-state index contributed by atoms with van der Waals surface area (Å²) in [6.45, 7) is 2.48. The van der Waals surface area contributed by atoms with Crippen molar-refractivity contribution in [3.05, 3.63) is 95.6 Å². The van der Waals surface area contributed by atoms with E-state index in [1.807, 2.05) is 44.4 Å². The minimum Gasteiger partial charge on any atom is -0.481 e. The van der Waals surface area contributed by atoms with Crippen LogP contribution in [0.15, 0.2) is 84.0 Å². The van der Waals surface area contributed by atoms with Gasteiger partial charge in [-0.1, -0.05) is 66.4 Å². The van der Waals surface area contributed by atoms with Crippen molar-refractivity contribution in [1.82, 2.24) is 14.8 Å². The molecule has 1 N–H and O–H groups in total. The monoisotopic (exact) mass is 486 g/mol. The van der Waals surface area contributed by atoms with Crippen LogP contribution in [-0.2, 0) is 23.5 Å². The first-order valence-corrected chi connectivity index (χ1v) is 12.6. The number of aliphatic carboxylic acids is 1. The van der Waals surface area contributed by atoms with Gasteiger partial charge < -0.3 is 14.6 Å². The maximum absolute atomic E-state index is 11.2. The van der Waals surface area contributed by atoms with Crippen molar-refractivity contribution in [2.75, 3.05) is 19.0 Å². The lowest BCUT2D eigenvalue weighted by atomic mass is 10.0. The van der Waals surface area contributed by atoms with Crippen molar-refractivity contribution in [3.8, 4) is 11.4 Å². The first kappa shape index (κ1) is 24.5. The first-order chi connectivity index (χ1) is 16.9. The fraction of sp³-hybridized carbons (Fsp3) is 0.250. The number of benzene rings is 3. The predicted octanol–water partition coefficient (Wildman–Crippen LogP) is 5.73. The number of aromatic nitrogens is 3. The Morgan fingerprint density at radius 3 is 2.26 bits per heavy atom. The third kappa shape index (κ3) is 6.11. The number of nitrogens with zero attached hydrogens (tertiary/aromatic N) is 4. The topological polar surface area (TPSA) is 71.2 Å². The molecule has 0 fully saturated rings. The van der Waals surface area contributed by atoms with Crippen molar-refractivity contribution in [2.45, 2.75) is 36.7 Å². The second kappa shape index (κ2) is 11.2. The molecule has 1 aromatic heterocycles. The van der Waals surface area contributed by atoms with E-state index in [0.717, 1.165) is 52.1 Å². The molecule has 0 aliphatic carbocycles. The van der Waals surface area contributed by atoms with Crippen molar-refractivity contribution in [3.63, 3.8) is 0 Å². The van der Waals surface area contributed by atoms with Crippen molar-refractivity contribution >= 4 is 23.4 Å². The van der Waals surface area contributed by atoms with Gasteiger partial charge in [0.05, 0.1) is 5.92 Å². The lowest BCUT2D eigenvalue weighted by molar-refractivity contribution is -0.138. The minimum atomic E-state index is -0.815. The summed E-state index contributed by atoms with van der Waals surface area (Å²) in [5, 5.41) is 19.2. The van der Waals surface area contributed by atoms with E-state index in [-0.39, 0.29) is 0 Å². The molecule has 0 amide bonds. The number of aryl methyl sites for hydroxylation is 1. The molecule has 3 aromatic carbocycles. The van der Waals surface area contributed by atoms with E-state index in [0.29, 0.717) is 0 Å². The van der Waals surface area contributed by atoms with Crippen LogP contribution in [0.2, 0.25) is 0 Å². The van der Waals surface area contributed by atoms with E-state index < -0.39 is 11.9 Å². The van der Waals surface area contributed by atoms with Crippen LogP contribution in [-0.4, -0.2) is 39.9 Å². The Kier molecular flexibility index (Phi) is 7.87. The average Bonchev–Trinajstić information content (AvgIpc) is 3.29. The van der Waals surface area contributed by atoms with Crippen molar-refractivity contribution in [1.29, 1.82) is 0 Å². The van der Waals surface area contributed by atoms with Crippen LogP contribution >= 0.6 is 11.8 Å². The highest BCUT2D eigenvalue weighted by atomic mass is 32.2. The summed E-state index contributed by atoms with van der Waals surface area (Å²) in [5.41, 5.74) is 5.37. The quantitative estimate of drug-likeness (QED) is 0.289. The average molecular weight is 487 g/mol. The molecule has 1 unspecified atom stereocenters. The summed E-state index contributed by atoms with van der Waals surface area (Å²) in [4.78, 5) is 13.3. The molecule has 180 valence electrons. The fourth-order valence-electron chi connectivity index (χ4n) is 3.80. The molecule has 1 atom stereocenters.